The van der Waals surface area contributed by atoms with E-state index in [0.717, 1.165) is 5.56 Å². The van der Waals surface area contributed by atoms with Crippen LogP contribution in [-0.4, -0.2) is 22.5 Å². The van der Waals surface area contributed by atoms with Crippen molar-refractivity contribution in [2.45, 2.75) is 52.8 Å². The summed E-state index contributed by atoms with van der Waals surface area (Å²) in [5, 5.41) is 13.9. The molecule has 0 aliphatic rings. The summed E-state index contributed by atoms with van der Waals surface area (Å²) in [4.78, 5) is 22.3. The molecule has 0 aliphatic heterocycles. The molecule has 0 bridgehead atoms. The van der Waals surface area contributed by atoms with Gasteiger partial charge in [-0.2, -0.15) is 0 Å². The van der Waals surface area contributed by atoms with Gasteiger partial charge in [-0.3, -0.25) is 14.9 Å². The second-order valence-corrected chi connectivity index (χ2v) is 5.95. The highest BCUT2D eigenvalue weighted by Crippen LogP contribution is 2.21. The lowest BCUT2D eigenvalue weighted by Gasteiger charge is -2.22. The van der Waals surface area contributed by atoms with E-state index >= 15 is 0 Å². The number of nitrogens with zero attached hydrogens (tertiary/aromatic N) is 1. The van der Waals surface area contributed by atoms with Crippen LogP contribution < -0.4 is 5.32 Å². The molecule has 6 heteroatoms. The van der Waals surface area contributed by atoms with Crippen LogP contribution >= 0.6 is 0 Å². The summed E-state index contributed by atoms with van der Waals surface area (Å²) in [7, 11) is 0. The highest BCUT2D eigenvalue weighted by molar-refractivity contribution is 5.75. The van der Waals surface area contributed by atoms with Crippen LogP contribution in [-0.2, 0) is 16.1 Å². The van der Waals surface area contributed by atoms with Crippen molar-refractivity contribution in [3.63, 3.8) is 0 Å². The van der Waals surface area contributed by atoms with Gasteiger partial charge in [-0.05, 0) is 40.2 Å². The van der Waals surface area contributed by atoms with Crippen LogP contribution in [0.2, 0.25) is 0 Å². The molecule has 0 saturated heterocycles. The van der Waals surface area contributed by atoms with E-state index in [0.29, 0.717) is 12.1 Å². The van der Waals surface area contributed by atoms with Crippen molar-refractivity contribution >= 4 is 11.7 Å². The summed E-state index contributed by atoms with van der Waals surface area (Å²) in [5.74, 6) is -0.342. The molecular formula is C15H22N2O4. The average molecular weight is 294 g/mol. The zero-order valence-corrected chi connectivity index (χ0v) is 13.1. The van der Waals surface area contributed by atoms with Gasteiger partial charge in [-0.1, -0.05) is 12.1 Å². The molecule has 21 heavy (non-hydrogen) atoms. The molecule has 0 aromatic heterocycles. The second kappa shape index (κ2) is 6.67. The van der Waals surface area contributed by atoms with Crippen molar-refractivity contribution in [2.24, 2.45) is 0 Å². The van der Waals surface area contributed by atoms with Gasteiger partial charge in [-0.15, -0.1) is 0 Å². The smallest absolute Gasteiger partial charge is 0.323 e. The number of carbonyl (C=O) groups excluding carboxylic acids is 1. The predicted molar refractivity (Wildman–Crippen MR) is 80.0 cm³/mol. The fraction of sp³-hybridized carbons (Fsp3) is 0.533. The first-order chi connectivity index (χ1) is 9.61. The summed E-state index contributed by atoms with van der Waals surface area (Å²) < 4.78 is 5.27. The minimum absolute atomic E-state index is 0.0826. The van der Waals surface area contributed by atoms with Gasteiger partial charge >= 0.3 is 5.97 Å². The third-order valence-corrected chi connectivity index (χ3v) is 2.97. The number of nitro benzene ring substituents is 1. The number of hydrogen-bond acceptors (Lipinski definition) is 5. The van der Waals surface area contributed by atoms with E-state index in [4.69, 9.17) is 4.74 Å². The Kier molecular flexibility index (Phi) is 5.43. The molecule has 1 atom stereocenters. The molecule has 116 valence electrons. The zero-order valence-electron chi connectivity index (χ0n) is 13.1. The van der Waals surface area contributed by atoms with Crippen LogP contribution in [0.25, 0.3) is 0 Å². The molecule has 0 fully saturated rings. The normalized spacial score (nSPS) is 12.8. The van der Waals surface area contributed by atoms with E-state index in [1.165, 1.54) is 6.07 Å². The fourth-order valence-corrected chi connectivity index (χ4v) is 1.80. The largest absolute Gasteiger partial charge is 0.459 e. The summed E-state index contributed by atoms with van der Waals surface area (Å²) in [5.41, 5.74) is 0.944. The highest BCUT2D eigenvalue weighted by Gasteiger charge is 2.21. The number of carbonyl (C=O) groups is 1. The zero-order chi connectivity index (χ0) is 16.2. The SMILES string of the molecule is Cc1c(CNC(C)C(=O)OC(C)(C)C)cccc1[N+](=O)[O-]. The van der Waals surface area contributed by atoms with Gasteiger partial charge in [0.2, 0.25) is 0 Å². The van der Waals surface area contributed by atoms with E-state index in [2.05, 4.69) is 5.32 Å². The van der Waals surface area contributed by atoms with E-state index < -0.39 is 16.6 Å². The predicted octanol–water partition coefficient (Wildman–Crippen LogP) is 2.72. The number of nitro groups is 1. The minimum atomic E-state index is -0.533. The molecule has 1 rings (SSSR count). The summed E-state index contributed by atoms with van der Waals surface area (Å²) >= 11 is 0. The molecule has 0 aliphatic carbocycles. The number of benzene rings is 1. The third kappa shape index (κ3) is 5.15. The van der Waals surface area contributed by atoms with E-state index in [1.807, 2.05) is 20.8 Å². The topological polar surface area (TPSA) is 81.5 Å². The standard InChI is InChI=1S/C15H22N2O4/c1-10-12(7-6-8-13(10)17(19)20)9-16-11(2)14(18)21-15(3,4)5/h6-8,11,16H,9H2,1-5H3. The lowest BCUT2D eigenvalue weighted by molar-refractivity contribution is -0.385. The molecule has 0 amide bonds. The van der Waals surface area contributed by atoms with Crippen molar-refractivity contribution in [2.75, 3.05) is 0 Å². The Balaban J connectivity index is 2.70. The van der Waals surface area contributed by atoms with E-state index in [1.54, 1.807) is 26.0 Å². The maximum absolute atomic E-state index is 11.8. The molecule has 0 saturated carbocycles. The van der Waals surface area contributed by atoms with Crippen molar-refractivity contribution in [1.82, 2.24) is 5.32 Å². The molecular weight excluding hydrogens is 272 g/mol. The van der Waals surface area contributed by atoms with Gasteiger partial charge < -0.3 is 10.1 Å². The van der Waals surface area contributed by atoms with Crippen molar-refractivity contribution in [3.8, 4) is 0 Å². The van der Waals surface area contributed by atoms with Crippen LogP contribution in [0.1, 0.15) is 38.8 Å². The molecule has 1 N–H and O–H groups in total. The van der Waals surface area contributed by atoms with Crippen molar-refractivity contribution in [1.29, 1.82) is 0 Å². The van der Waals surface area contributed by atoms with Crippen LogP contribution in [0.15, 0.2) is 18.2 Å². The molecule has 0 heterocycles. The van der Waals surface area contributed by atoms with E-state index in [9.17, 15) is 14.9 Å². The second-order valence-electron chi connectivity index (χ2n) is 5.95. The van der Waals surface area contributed by atoms with E-state index in [-0.39, 0.29) is 11.7 Å². The summed E-state index contributed by atoms with van der Waals surface area (Å²) in [6.07, 6.45) is 0. The first kappa shape index (κ1) is 17.1. The molecule has 0 spiro atoms. The Hall–Kier alpha value is -1.95. The molecule has 1 unspecified atom stereocenters. The number of esters is 1. The first-order valence-corrected chi connectivity index (χ1v) is 6.81. The lowest BCUT2D eigenvalue weighted by atomic mass is 10.1. The Labute approximate surface area is 124 Å². The van der Waals surface area contributed by atoms with Gasteiger partial charge in [0.25, 0.3) is 5.69 Å². The van der Waals surface area contributed by atoms with Gasteiger partial charge in [0.05, 0.1) is 4.92 Å². The average Bonchev–Trinajstić information content (AvgIpc) is 2.34. The van der Waals surface area contributed by atoms with Crippen LogP contribution in [0.3, 0.4) is 0 Å². The number of nitrogens with one attached hydrogen (secondary N) is 1. The maximum Gasteiger partial charge on any atom is 0.323 e. The van der Waals surface area contributed by atoms with Crippen LogP contribution in [0.5, 0.6) is 0 Å². The van der Waals surface area contributed by atoms with Gasteiger partial charge in [0.15, 0.2) is 0 Å². The molecule has 1 aromatic rings. The lowest BCUT2D eigenvalue weighted by Crippen LogP contribution is -2.38. The highest BCUT2D eigenvalue weighted by atomic mass is 16.6. The van der Waals surface area contributed by atoms with Crippen LogP contribution in [0, 0.1) is 17.0 Å². The van der Waals surface area contributed by atoms with Crippen molar-refractivity contribution in [3.05, 3.63) is 39.4 Å². The number of hydrogen-bond donors (Lipinski definition) is 1. The molecule has 1 aromatic carbocycles. The van der Waals surface area contributed by atoms with Crippen LogP contribution in [0.4, 0.5) is 5.69 Å². The van der Waals surface area contributed by atoms with Gasteiger partial charge in [0.1, 0.15) is 11.6 Å². The van der Waals surface area contributed by atoms with Gasteiger partial charge in [0, 0.05) is 18.2 Å². The Bertz CT molecular complexity index is 535. The number of rotatable bonds is 5. The minimum Gasteiger partial charge on any atom is -0.459 e. The molecule has 0 radical (unpaired) electrons. The third-order valence-electron chi connectivity index (χ3n) is 2.97. The maximum atomic E-state index is 11.8. The first-order valence-electron chi connectivity index (χ1n) is 6.81. The Morgan fingerprint density at radius 3 is 2.57 bits per heavy atom. The summed E-state index contributed by atoms with van der Waals surface area (Å²) in [6, 6.07) is 4.43. The Morgan fingerprint density at radius 2 is 2.05 bits per heavy atom. The quantitative estimate of drug-likeness (QED) is 0.513. The monoisotopic (exact) mass is 294 g/mol. The van der Waals surface area contributed by atoms with Gasteiger partial charge in [-0.25, -0.2) is 0 Å². The fourth-order valence-electron chi connectivity index (χ4n) is 1.80. The summed E-state index contributed by atoms with van der Waals surface area (Å²) in [6.45, 7) is 9.20. The molecule has 6 nitrogen and oxygen atoms in total. The number of ether oxygens (including phenoxy) is 1. The van der Waals surface area contributed by atoms with Crippen molar-refractivity contribution < 1.29 is 14.5 Å². The Morgan fingerprint density at radius 1 is 1.43 bits per heavy atom.